The Hall–Kier alpha value is -1.27. The summed E-state index contributed by atoms with van der Waals surface area (Å²) in [5.74, 6) is -0.0948. The SMILES string of the molecule is CC(C)C(=O)Nc1nnc(Cc2cccc(Br)c2)s1. The van der Waals surface area contributed by atoms with Gasteiger partial charge in [-0.25, -0.2) is 0 Å². The number of nitrogens with one attached hydrogen (secondary N) is 1. The van der Waals surface area contributed by atoms with Gasteiger partial charge < -0.3 is 5.32 Å². The monoisotopic (exact) mass is 339 g/mol. The standard InChI is InChI=1S/C13H14BrN3OS/c1-8(2)12(18)15-13-17-16-11(19-13)7-9-4-3-5-10(14)6-9/h3-6,8H,7H2,1-2H3,(H,15,17,18). The minimum absolute atomic E-state index is 0.0369. The van der Waals surface area contributed by atoms with Crippen molar-refractivity contribution < 1.29 is 4.79 Å². The number of anilines is 1. The lowest BCUT2D eigenvalue weighted by Gasteiger charge is -2.02. The van der Waals surface area contributed by atoms with Gasteiger partial charge in [-0.05, 0) is 17.7 Å². The first kappa shape index (κ1) is 14.1. The van der Waals surface area contributed by atoms with Gasteiger partial charge in [0.05, 0.1) is 0 Å². The van der Waals surface area contributed by atoms with Crippen LogP contribution in [0.3, 0.4) is 0 Å². The van der Waals surface area contributed by atoms with E-state index in [-0.39, 0.29) is 11.8 Å². The van der Waals surface area contributed by atoms with E-state index in [9.17, 15) is 4.79 Å². The molecule has 6 heteroatoms. The number of hydrogen-bond donors (Lipinski definition) is 1. The Morgan fingerprint density at radius 2 is 2.21 bits per heavy atom. The summed E-state index contributed by atoms with van der Waals surface area (Å²) in [5.41, 5.74) is 1.16. The molecule has 1 aromatic carbocycles. The van der Waals surface area contributed by atoms with Gasteiger partial charge in [0, 0.05) is 16.8 Å². The van der Waals surface area contributed by atoms with Crippen LogP contribution in [0.4, 0.5) is 5.13 Å². The maximum absolute atomic E-state index is 11.5. The van der Waals surface area contributed by atoms with Crippen molar-refractivity contribution in [3.8, 4) is 0 Å². The first-order valence-corrected chi connectivity index (χ1v) is 7.53. The fourth-order valence-electron chi connectivity index (χ4n) is 1.45. The third-order valence-electron chi connectivity index (χ3n) is 2.47. The highest BCUT2D eigenvalue weighted by atomic mass is 79.9. The van der Waals surface area contributed by atoms with Crippen LogP contribution in [-0.4, -0.2) is 16.1 Å². The lowest BCUT2D eigenvalue weighted by molar-refractivity contribution is -0.118. The highest BCUT2D eigenvalue weighted by Crippen LogP contribution is 2.20. The maximum Gasteiger partial charge on any atom is 0.228 e. The third kappa shape index (κ3) is 4.11. The Labute approximate surface area is 124 Å². The molecule has 0 aliphatic rings. The molecule has 0 atom stereocenters. The molecule has 1 amide bonds. The topological polar surface area (TPSA) is 54.9 Å². The van der Waals surface area contributed by atoms with Crippen LogP contribution >= 0.6 is 27.3 Å². The zero-order valence-electron chi connectivity index (χ0n) is 10.7. The molecular weight excluding hydrogens is 326 g/mol. The minimum Gasteiger partial charge on any atom is -0.300 e. The Kier molecular flexibility index (Phi) is 4.66. The summed E-state index contributed by atoms with van der Waals surface area (Å²) in [7, 11) is 0. The molecule has 1 N–H and O–H groups in total. The van der Waals surface area contributed by atoms with Crippen LogP contribution in [0.25, 0.3) is 0 Å². The van der Waals surface area contributed by atoms with Crippen molar-refractivity contribution in [1.82, 2.24) is 10.2 Å². The molecule has 0 saturated carbocycles. The first-order valence-electron chi connectivity index (χ1n) is 5.92. The Morgan fingerprint density at radius 3 is 2.89 bits per heavy atom. The summed E-state index contributed by atoms with van der Waals surface area (Å²) in [5, 5.41) is 12.3. The molecule has 19 heavy (non-hydrogen) atoms. The van der Waals surface area contributed by atoms with Crippen molar-refractivity contribution in [2.75, 3.05) is 5.32 Å². The number of aromatic nitrogens is 2. The van der Waals surface area contributed by atoms with Gasteiger partial charge in [-0.3, -0.25) is 4.79 Å². The molecule has 0 aliphatic heterocycles. The van der Waals surface area contributed by atoms with Crippen LogP contribution in [0.15, 0.2) is 28.7 Å². The molecule has 0 unspecified atom stereocenters. The van der Waals surface area contributed by atoms with Crippen LogP contribution in [0.5, 0.6) is 0 Å². The van der Waals surface area contributed by atoms with Gasteiger partial charge in [0.1, 0.15) is 5.01 Å². The van der Waals surface area contributed by atoms with Gasteiger partial charge in [0.25, 0.3) is 0 Å². The van der Waals surface area contributed by atoms with E-state index in [1.165, 1.54) is 11.3 Å². The molecule has 0 radical (unpaired) electrons. The average Bonchev–Trinajstić information content (AvgIpc) is 2.76. The number of benzene rings is 1. The van der Waals surface area contributed by atoms with Crippen LogP contribution in [-0.2, 0) is 11.2 Å². The van der Waals surface area contributed by atoms with Gasteiger partial charge >= 0.3 is 0 Å². The van der Waals surface area contributed by atoms with E-state index in [0.717, 1.165) is 15.0 Å². The van der Waals surface area contributed by atoms with E-state index in [1.54, 1.807) is 0 Å². The number of halogens is 1. The smallest absolute Gasteiger partial charge is 0.228 e. The van der Waals surface area contributed by atoms with Crippen molar-refractivity contribution in [3.05, 3.63) is 39.3 Å². The zero-order valence-corrected chi connectivity index (χ0v) is 13.1. The minimum atomic E-state index is -0.0579. The largest absolute Gasteiger partial charge is 0.300 e. The number of hydrogen-bond acceptors (Lipinski definition) is 4. The summed E-state index contributed by atoms with van der Waals surface area (Å²) < 4.78 is 1.04. The molecule has 0 bridgehead atoms. The van der Waals surface area contributed by atoms with Crippen LogP contribution < -0.4 is 5.32 Å². The average molecular weight is 340 g/mol. The third-order valence-corrected chi connectivity index (χ3v) is 3.80. The molecule has 0 fully saturated rings. The molecular formula is C13H14BrN3OS. The molecule has 2 aromatic rings. The van der Waals surface area contributed by atoms with E-state index in [2.05, 4.69) is 31.4 Å². The van der Waals surface area contributed by atoms with E-state index >= 15 is 0 Å². The predicted octanol–water partition coefficient (Wildman–Crippen LogP) is 3.49. The zero-order chi connectivity index (χ0) is 13.8. The Morgan fingerprint density at radius 1 is 1.42 bits per heavy atom. The Bertz CT molecular complexity index is 583. The van der Waals surface area contributed by atoms with Crippen molar-refractivity contribution in [2.45, 2.75) is 20.3 Å². The molecule has 1 aromatic heterocycles. The predicted molar refractivity (Wildman–Crippen MR) is 80.3 cm³/mol. The molecule has 0 aliphatic carbocycles. The van der Waals surface area contributed by atoms with Crippen LogP contribution in [0, 0.1) is 5.92 Å². The molecule has 0 spiro atoms. The summed E-state index contributed by atoms with van der Waals surface area (Å²) >= 11 is 4.85. The summed E-state index contributed by atoms with van der Waals surface area (Å²) in [6, 6.07) is 8.06. The van der Waals surface area contributed by atoms with Crippen molar-refractivity contribution in [1.29, 1.82) is 0 Å². The fourth-order valence-corrected chi connectivity index (χ4v) is 2.67. The van der Waals surface area contributed by atoms with Gasteiger partial charge in [0.15, 0.2) is 0 Å². The van der Waals surface area contributed by atoms with Crippen molar-refractivity contribution >= 4 is 38.3 Å². The summed E-state index contributed by atoms with van der Waals surface area (Å²) in [6.45, 7) is 3.69. The van der Waals surface area contributed by atoms with Crippen LogP contribution in [0.2, 0.25) is 0 Å². The molecule has 4 nitrogen and oxygen atoms in total. The fraction of sp³-hybridized carbons (Fsp3) is 0.308. The van der Waals surface area contributed by atoms with E-state index < -0.39 is 0 Å². The van der Waals surface area contributed by atoms with Crippen molar-refractivity contribution in [2.24, 2.45) is 5.92 Å². The van der Waals surface area contributed by atoms with E-state index in [4.69, 9.17) is 0 Å². The Balaban J connectivity index is 2.03. The van der Waals surface area contributed by atoms with Gasteiger partial charge in [-0.2, -0.15) is 0 Å². The number of amides is 1. The quantitative estimate of drug-likeness (QED) is 0.927. The van der Waals surface area contributed by atoms with E-state index in [1.807, 2.05) is 38.1 Å². The first-order chi connectivity index (χ1) is 9.04. The van der Waals surface area contributed by atoms with Gasteiger partial charge in [-0.15, -0.1) is 10.2 Å². The van der Waals surface area contributed by atoms with Crippen molar-refractivity contribution in [3.63, 3.8) is 0 Å². The highest BCUT2D eigenvalue weighted by Gasteiger charge is 2.11. The molecule has 1 heterocycles. The molecule has 2 rings (SSSR count). The second kappa shape index (κ2) is 6.25. The van der Waals surface area contributed by atoms with Crippen LogP contribution in [0.1, 0.15) is 24.4 Å². The lowest BCUT2D eigenvalue weighted by atomic mass is 10.2. The van der Waals surface area contributed by atoms with E-state index in [0.29, 0.717) is 11.6 Å². The summed E-state index contributed by atoms with van der Waals surface area (Å²) in [4.78, 5) is 11.5. The van der Waals surface area contributed by atoms with Gasteiger partial charge in [0.2, 0.25) is 11.0 Å². The number of rotatable bonds is 4. The lowest BCUT2D eigenvalue weighted by Crippen LogP contribution is -2.17. The second-order valence-electron chi connectivity index (χ2n) is 4.45. The molecule has 100 valence electrons. The summed E-state index contributed by atoms with van der Waals surface area (Å²) in [6.07, 6.45) is 0.717. The number of carbonyl (C=O) groups is 1. The second-order valence-corrected chi connectivity index (χ2v) is 6.43. The molecule has 0 saturated heterocycles. The maximum atomic E-state index is 11.5. The van der Waals surface area contributed by atoms with Gasteiger partial charge in [-0.1, -0.05) is 53.2 Å². The normalized spacial score (nSPS) is 10.7. The highest BCUT2D eigenvalue weighted by molar-refractivity contribution is 9.10. The number of carbonyl (C=O) groups excluding carboxylic acids is 1. The number of nitrogens with zero attached hydrogens (tertiary/aromatic N) is 2.